The summed E-state index contributed by atoms with van der Waals surface area (Å²) in [6.45, 7) is 4.93. The molecular formula is C24H28Cl2N6O2. The number of allylic oxidation sites excluding steroid dienone is 1. The van der Waals surface area contributed by atoms with Crippen LogP contribution >= 0.6 is 23.2 Å². The van der Waals surface area contributed by atoms with E-state index in [1.165, 1.54) is 0 Å². The van der Waals surface area contributed by atoms with Crippen molar-refractivity contribution in [3.63, 3.8) is 0 Å². The summed E-state index contributed by atoms with van der Waals surface area (Å²) in [6, 6.07) is 13.0. The van der Waals surface area contributed by atoms with Crippen molar-refractivity contribution >= 4 is 40.5 Å². The molecule has 2 heterocycles. The van der Waals surface area contributed by atoms with Gasteiger partial charge in [0, 0.05) is 54.1 Å². The summed E-state index contributed by atoms with van der Waals surface area (Å²) >= 11 is 12.5. The van der Waals surface area contributed by atoms with Crippen LogP contribution in [0.4, 0.5) is 11.4 Å². The highest BCUT2D eigenvalue weighted by molar-refractivity contribution is 6.33. The van der Waals surface area contributed by atoms with Gasteiger partial charge in [-0.2, -0.15) is 0 Å². The van der Waals surface area contributed by atoms with E-state index in [0.29, 0.717) is 60.1 Å². The van der Waals surface area contributed by atoms with E-state index >= 15 is 0 Å². The molecule has 8 nitrogen and oxygen atoms in total. The molecule has 34 heavy (non-hydrogen) atoms. The van der Waals surface area contributed by atoms with Crippen LogP contribution in [0, 0.1) is 0 Å². The lowest BCUT2D eigenvalue weighted by Crippen LogP contribution is -2.41. The van der Waals surface area contributed by atoms with E-state index in [9.17, 15) is 4.79 Å². The number of nitrogens with one attached hydrogen (secondary N) is 2. The van der Waals surface area contributed by atoms with Crippen LogP contribution in [0.15, 0.2) is 65.8 Å². The van der Waals surface area contributed by atoms with E-state index in [2.05, 4.69) is 15.5 Å². The topological polar surface area (TPSA) is 109 Å². The zero-order valence-electron chi connectivity index (χ0n) is 18.7. The maximum Gasteiger partial charge on any atom is 0.271 e. The molecule has 0 aromatic heterocycles. The average molecular weight is 503 g/mol. The summed E-state index contributed by atoms with van der Waals surface area (Å²) in [4.78, 5) is 17.0. The third-order valence-electron chi connectivity index (χ3n) is 5.74. The quantitative estimate of drug-likeness (QED) is 0.449. The van der Waals surface area contributed by atoms with Crippen molar-refractivity contribution in [1.82, 2.24) is 10.2 Å². The average Bonchev–Trinajstić information content (AvgIpc) is 2.84. The van der Waals surface area contributed by atoms with Crippen molar-refractivity contribution in [2.24, 2.45) is 11.5 Å². The van der Waals surface area contributed by atoms with Crippen LogP contribution in [0.2, 0.25) is 10.0 Å². The maximum absolute atomic E-state index is 12.8. The molecule has 2 aromatic rings. The van der Waals surface area contributed by atoms with Crippen molar-refractivity contribution in [2.45, 2.75) is 6.54 Å². The van der Waals surface area contributed by atoms with Crippen LogP contribution in [0.25, 0.3) is 0 Å². The van der Waals surface area contributed by atoms with Gasteiger partial charge in [-0.15, -0.1) is 0 Å². The third kappa shape index (κ3) is 5.88. The molecule has 6 N–H and O–H groups in total. The number of amides is 1. The molecule has 0 saturated carbocycles. The minimum Gasteiger partial charge on any atom is -0.394 e. The van der Waals surface area contributed by atoms with Gasteiger partial charge in [-0.3, -0.25) is 4.79 Å². The Hall–Kier alpha value is -3.07. The Balaban J connectivity index is 1.45. The van der Waals surface area contributed by atoms with Crippen LogP contribution in [0.1, 0.15) is 5.56 Å². The van der Waals surface area contributed by atoms with Gasteiger partial charge >= 0.3 is 0 Å². The summed E-state index contributed by atoms with van der Waals surface area (Å²) in [5, 5.41) is 7.16. The fourth-order valence-corrected chi connectivity index (χ4v) is 4.28. The smallest absolute Gasteiger partial charge is 0.271 e. The molecule has 2 aromatic carbocycles. The summed E-state index contributed by atoms with van der Waals surface area (Å²) in [7, 11) is 0. The summed E-state index contributed by atoms with van der Waals surface area (Å²) < 4.78 is 5.39. The highest BCUT2D eigenvalue weighted by Crippen LogP contribution is 2.25. The largest absolute Gasteiger partial charge is 0.394 e. The molecule has 0 aliphatic carbocycles. The molecule has 0 bridgehead atoms. The minimum atomic E-state index is -0.411. The Labute approximate surface area is 209 Å². The summed E-state index contributed by atoms with van der Waals surface area (Å²) in [6.07, 6.45) is 1.58. The fourth-order valence-electron chi connectivity index (χ4n) is 3.90. The summed E-state index contributed by atoms with van der Waals surface area (Å²) in [5.41, 5.74) is 15.6. The van der Waals surface area contributed by atoms with Gasteiger partial charge in [0.05, 0.1) is 24.6 Å². The second-order valence-corrected chi connectivity index (χ2v) is 8.93. The molecule has 0 atom stereocenters. The van der Waals surface area contributed by atoms with Crippen LogP contribution in [0.5, 0.6) is 0 Å². The molecule has 0 unspecified atom stereocenters. The molecule has 1 amide bonds. The van der Waals surface area contributed by atoms with Crippen molar-refractivity contribution in [3.05, 3.63) is 81.4 Å². The van der Waals surface area contributed by atoms with Crippen LogP contribution < -0.4 is 27.0 Å². The number of halogens is 2. The molecule has 0 spiro atoms. The monoisotopic (exact) mass is 502 g/mol. The normalized spacial score (nSPS) is 16.9. The highest BCUT2D eigenvalue weighted by Gasteiger charge is 2.20. The lowest BCUT2D eigenvalue weighted by Gasteiger charge is -2.32. The molecule has 4 rings (SSSR count). The fraction of sp³-hybridized carbons (Fsp3) is 0.292. The minimum absolute atomic E-state index is 0.0427. The zero-order valence-corrected chi connectivity index (χ0v) is 20.2. The molecule has 1 saturated heterocycles. The Kier molecular flexibility index (Phi) is 7.72. The number of morpholine rings is 1. The zero-order chi connectivity index (χ0) is 24.1. The molecule has 1 fully saturated rings. The molecule has 180 valence electrons. The first-order valence-electron chi connectivity index (χ1n) is 11.0. The van der Waals surface area contributed by atoms with Gasteiger partial charge < -0.3 is 36.6 Å². The Morgan fingerprint density at radius 3 is 2.59 bits per heavy atom. The molecule has 0 radical (unpaired) electrons. The molecular weight excluding hydrogens is 475 g/mol. The van der Waals surface area contributed by atoms with Crippen molar-refractivity contribution in [1.29, 1.82) is 0 Å². The van der Waals surface area contributed by atoms with E-state index in [-0.39, 0.29) is 5.70 Å². The van der Waals surface area contributed by atoms with Gasteiger partial charge in [0.1, 0.15) is 5.82 Å². The number of benzene rings is 2. The van der Waals surface area contributed by atoms with E-state index < -0.39 is 5.91 Å². The summed E-state index contributed by atoms with van der Waals surface area (Å²) in [5.74, 6) is 0.0285. The number of ether oxygens (including phenoxy) is 1. The standard InChI is InChI=1S/C24H28Cl2N6O2/c25-17-1-6-20(26)16(13-17)15-32-8-7-29-23(28)22(32)14-21(27)24(33)30-18-2-4-19(5-3-18)31-9-11-34-12-10-31/h1-6,13-14,29H,7-12,15,27-28H2,(H,30,33)/b21-14-. The molecule has 2 aliphatic rings. The Morgan fingerprint density at radius 2 is 1.85 bits per heavy atom. The van der Waals surface area contributed by atoms with Gasteiger partial charge in [-0.05, 0) is 54.1 Å². The van der Waals surface area contributed by atoms with Crippen molar-refractivity contribution in [2.75, 3.05) is 49.6 Å². The number of anilines is 2. The first kappa shape index (κ1) is 24.1. The van der Waals surface area contributed by atoms with Crippen LogP contribution in [-0.4, -0.2) is 50.2 Å². The third-order valence-corrected chi connectivity index (χ3v) is 6.34. The van der Waals surface area contributed by atoms with Crippen LogP contribution in [-0.2, 0) is 16.1 Å². The number of nitrogens with zero attached hydrogens (tertiary/aromatic N) is 2. The lowest BCUT2D eigenvalue weighted by atomic mass is 10.1. The van der Waals surface area contributed by atoms with Crippen molar-refractivity contribution < 1.29 is 9.53 Å². The maximum atomic E-state index is 12.8. The predicted octanol–water partition coefficient (Wildman–Crippen LogP) is 2.84. The van der Waals surface area contributed by atoms with Gasteiger partial charge in [0.2, 0.25) is 0 Å². The highest BCUT2D eigenvalue weighted by atomic mass is 35.5. The van der Waals surface area contributed by atoms with Gasteiger partial charge in [0.15, 0.2) is 0 Å². The van der Waals surface area contributed by atoms with E-state index in [1.54, 1.807) is 18.2 Å². The lowest BCUT2D eigenvalue weighted by molar-refractivity contribution is -0.112. The number of carbonyl (C=O) groups excluding carboxylic acids is 1. The van der Waals surface area contributed by atoms with Gasteiger partial charge in [0.25, 0.3) is 5.91 Å². The van der Waals surface area contributed by atoms with Crippen molar-refractivity contribution in [3.8, 4) is 0 Å². The second-order valence-electron chi connectivity index (χ2n) is 8.08. The van der Waals surface area contributed by atoms with E-state index in [0.717, 1.165) is 24.3 Å². The number of nitrogens with two attached hydrogens (primary N) is 2. The SMILES string of the molecule is NC1=C(/C=C(\N)C(=O)Nc2ccc(N3CCOCC3)cc2)N(Cc2cc(Cl)ccc2Cl)CCN1. The molecule has 2 aliphatic heterocycles. The van der Waals surface area contributed by atoms with Crippen LogP contribution in [0.3, 0.4) is 0 Å². The van der Waals surface area contributed by atoms with E-state index in [4.69, 9.17) is 39.4 Å². The number of carbonyl (C=O) groups is 1. The second kappa shape index (κ2) is 10.9. The number of hydrogen-bond acceptors (Lipinski definition) is 7. The molecule has 10 heteroatoms. The first-order chi connectivity index (χ1) is 16.4. The van der Waals surface area contributed by atoms with Gasteiger partial charge in [-0.1, -0.05) is 23.2 Å². The van der Waals surface area contributed by atoms with E-state index in [1.807, 2.05) is 35.2 Å². The number of hydrogen-bond donors (Lipinski definition) is 4. The first-order valence-corrected chi connectivity index (χ1v) is 11.8. The number of rotatable bonds is 6. The van der Waals surface area contributed by atoms with Gasteiger partial charge in [-0.25, -0.2) is 0 Å². The Bertz CT molecular complexity index is 1100. The predicted molar refractivity (Wildman–Crippen MR) is 136 cm³/mol. The Morgan fingerprint density at radius 1 is 1.12 bits per heavy atom.